The van der Waals surface area contributed by atoms with Crippen LogP contribution in [0.5, 0.6) is 0 Å². The lowest BCUT2D eigenvalue weighted by molar-refractivity contribution is 0.771. The molecule has 0 bridgehead atoms. The van der Waals surface area contributed by atoms with Crippen LogP contribution in [-0.2, 0) is 6.42 Å². The van der Waals surface area contributed by atoms with Gasteiger partial charge >= 0.3 is 0 Å². The lowest BCUT2D eigenvalue weighted by Gasteiger charge is -2.14. The van der Waals surface area contributed by atoms with Gasteiger partial charge in [-0.15, -0.1) is 11.3 Å². The number of hydrazine groups is 1. The van der Waals surface area contributed by atoms with Crippen LogP contribution in [0.2, 0.25) is 0 Å². The molecule has 0 amide bonds. The molecule has 0 atom stereocenters. The number of nitrogens with two attached hydrogens (primary N) is 1. The number of hydrogen-bond donors (Lipinski definition) is 3. The number of aryl methyl sites for hydroxylation is 1. The number of anilines is 2. The number of nitrogens with one attached hydrogen (secondary N) is 2. The van der Waals surface area contributed by atoms with Crippen LogP contribution >= 0.6 is 11.3 Å². The highest BCUT2D eigenvalue weighted by molar-refractivity contribution is 7.09. The van der Waals surface area contributed by atoms with Crippen LogP contribution in [0.1, 0.15) is 41.9 Å². The minimum Gasteiger partial charge on any atom is -0.369 e. The fourth-order valence-corrected chi connectivity index (χ4v) is 2.58. The van der Waals surface area contributed by atoms with Crippen molar-refractivity contribution in [2.45, 2.75) is 40.0 Å². The quantitative estimate of drug-likeness (QED) is 0.561. The molecule has 2 aromatic rings. The van der Waals surface area contributed by atoms with E-state index < -0.39 is 0 Å². The molecule has 21 heavy (non-hydrogen) atoms. The van der Waals surface area contributed by atoms with E-state index in [9.17, 15) is 0 Å². The molecule has 6 nitrogen and oxygen atoms in total. The predicted molar refractivity (Wildman–Crippen MR) is 87.7 cm³/mol. The summed E-state index contributed by atoms with van der Waals surface area (Å²) in [6.07, 6.45) is 0.871. The molecule has 0 unspecified atom stereocenters. The average Bonchev–Trinajstić information content (AvgIpc) is 2.86. The summed E-state index contributed by atoms with van der Waals surface area (Å²) in [4.78, 5) is 13.5. The Morgan fingerprint density at radius 1 is 1.19 bits per heavy atom. The van der Waals surface area contributed by atoms with Crippen molar-refractivity contribution in [3.05, 3.63) is 27.5 Å². The summed E-state index contributed by atoms with van der Waals surface area (Å²) in [7, 11) is 0. The van der Waals surface area contributed by atoms with Crippen LogP contribution in [0.4, 0.5) is 11.6 Å². The maximum absolute atomic E-state index is 5.53. The SMILES string of the molecule is Cc1nc(CCNc2nc(C(C)C)nc(NN)c2C)cs1. The lowest BCUT2D eigenvalue weighted by Crippen LogP contribution is -2.16. The Morgan fingerprint density at radius 3 is 2.48 bits per heavy atom. The largest absolute Gasteiger partial charge is 0.369 e. The van der Waals surface area contributed by atoms with Gasteiger partial charge in [0.1, 0.15) is 17.5 Å². The molecular formula is C14H22N6S. The van der Waals surface area contributed by atoms with E-state index in [1.165, 1.54) is 0 Å². The molecular weight excluding hydrogens is 284 g/mol. The van der Waals surface area contributed by atoms with Crippen molar-refractivity contribution >= 4 is 23.0 Å². The number of nitrogen functional groups attached to an aromatic ring is 1. The van der Waals surface area contributed by atoms with Gasteiger partial charge in [0, 0.05) is 29.8 Å². The first-order chi connectivity index (χ1) is 10.0. The summed E-state index contributed by atoms with van der Waals surface area (Å²) >= 11 is 1.68. The van der Waals surface area contributed by atoms with Crippen molar-refractivity contribution < 1.29 is 0 Å². The van der Waals surface area contributed by atoms with Gasteiger partial charge in [0.25, 0.3) is 0 Å². The Labute approximate surface area is 129 Å². The van der Waals surface area contributed by atoms with Gasteiger partial charge in [0.2, 0.25) is 0 Å². The van der Waals surface area contributed by atoms with Crippen LogP contribution in [0.25, 0.3) is 0 Å². The normalized spacial score (nSPS) is 11.0. The second-order valence-corrected chi connectivity index (χ2v) is 6.30. The Hall–Kier alpha value is -1.73. The molecule has 0 aliphatic carbocycles. The van der Waals surface area contributed by atoms with Gasteiger partial charge in [0.15, 0.2) is 0 Å². The summed E-state index contributed by atoms with van der Waals surface area (Å²) in [5.41, 5.74) is 4.68. The molecule has 4 N–H and O–H groups in total. The highest BCUT2D eigenvalue weighted by atomic mass is 32.1. The molecule has 0 saturated carbocycles. The molecule has 0 aliphatic heterocycles. The highest BCUT2D eigenvalue weighted by Crippen LogP contribution is 2.22. The third-order valence-corrected chi connectivity index (χ3v) is 3.98. The van der Waals surface area contributed by atoms with Gasteiger partial charge in [-0.1, -0.05) is 13.8 Å². The van der Waals surface area contributed by atoms with Crippen LogP contribution < -0.4 is 16.6 Å². The van der Waals surface area contributed by atoms with Crippen molar-refractivity contribution in [2.75, 3.05) is 17.3 Å². The third kappa shape index (κ3) is 3.89. The zero-order valence-electron chi connectivity index (χ0n) is 12.9. The number of thiazole rings is 1. The van der Waals surface area contributed by atoms with Gasteiger partial charge in [-0.05, 0) is 13.8 Å². The molecule has 2 aromatic heterocycles. The van der Waals surface area contributed by atoms with Gasteiger partial charge < -0.3 is 10.7 Å². The Kier molecular flexibility index (Phi) is 5.08. The lowest BCUT2D eigenvalue weighted by atomic mass is 10.2. The van der Waals surface area contributed by atoms with Gasteiger partial charge in [0.05, 0.1) is 10.7 Å². The first-order valence-corrected chi connectivity index (χ1v) is 7.89. The van der Waals surface area contributed by atoms with Crippen LogP contribution in [0.15, 0.2) is 5.38 Å². The molecule has 0 aliphatic rings. The molecule has 2 heterocycles. The van der Waals surface area contributed by atoms with E-state index in [0.717, 1.165) is 40.9 Å². The van der Waals surface area contributed by atoms with Crippen LogP contribution in [0, 0.1) is 13.8 Å². The maximum Gasteiger partial charge on any atom is 0.148 e. The van der Waals surface area contributed by atoms with Crippen molar-refractivity contribution in [2.24, 2.45) is 5.84 Å². The summed E-state index contributed by atoms with van der Waals surface area (Å²) in [6.45, 7) is 8.88. The fraction of sp³-hybridized carbons (Fsp3) is 0.500. The minimum absolute atomic E-state index is 0.249. The number of nitrogens with zero attached hydrogens (tertiary/aromatic N) is 3. The van der Waals surface area contributed by atoms with E-state index in [2.05, 4.69) is 44.9 Å². The minimum atomic E-state index is 0.249. The second-order valence-electron chi connectivity index (χ2n) is 5.24. The molecule has 114 valence electrons. The first-order valence-electron chi connectivity index (χ1n) is 7.01. The van der Waals surface area contributed by atoms with E-state index in [1.54, 1.807) is 11.3 Å². The Morgan fingerprint density at radius 2 is 1.90 bits per heavy atom. The molecule has 0 spiro atoms. The predicted octanol–water partition coefficient (Wildman–Crippen LogP) is 2.61. The smallest absolute Gasteiger partial charge is 0.148 e. The zero-order valence-corrected chi connectivity index (χ0v) is 13.7. The Balaban J connectivity index is 2.09. The summed E-state index contributed by atoms with van der Waals surface area (Å²) in [5, 5.41) is 6.55. The molecule has 0 fully saturated rings. The zero-order chi connectivity index (χ0) is 15.4. The van der Waals surface area contributed by atoms with E-state index in [1.807, 2.05) is 13.8 Å². The van der Waals surface area contributed by atoms with E-state index >= 15 is 0 Å². The first kappa shape index (κ1) is 15.7. The average molecular weight is 306 g/mol. The van der Waals surface area contributed by atoms with Gasteiger partial charge in [-0.3, -0.25) is 0 Å². The van der Waals surface area contributed by atoms with Crippen molar-refractivity contribution in [1.29, 1.82) is 0 Å². The number of hydrogen-bond acceptors (Lipinski definition) is 7. The van der Waals surface area contributed by atoms with E-state index in [0.29, 0.717) is 5.82 Å². The monoisotopic (exact) mass is 306 g/mol. The second kappa shape index (κ2) is 6.82. The molecule has 2 rings (SSSR count). The summed E-state index contributed by atoms with van der Waals surface area (Å²) in [6, 6.07) is 0. The number of aromatic nitrogens is 3. The maximum atomic E-state index is 5.53. The highest BCUT2D eigenvalue weighted by Gasteiger charge is 2.12. The van der Waals surface area contributed by atoms with Gasteiger partial charge in [-0.2, -0.15) is 0 Å². The van der Waals surface area contributed by atoms with Crippen LogP contribution in [0.3, 0.4) is 0 Å². The molecule has 0 aromatic carbocycles. The van der Waals surface area contributed by atoms with E-state index in [4.69, 9.17) is 5.84 Å². The van der Waals surface area contributed by atoms with Crippen molar-refractivity contribution in [1.82, 2.24) is 15.0 Å². The topological polar surface area (TPSA) is 88.8 Å². The molecule has 0 radical (unpaired) electrons. The number of rotatable bonds is 6. The van der Waals surface area contributed by atoms with Gasteiger partial charge in [-0.25, -0.2) is 20.8 Å². The molecule has 7 heteroatoms. The standard InChI is InChI=1S/C14H22N6S/c1-8(2)12-18-13(9(3)14(19-12)20-15)16-6-5-11-7-21-10(4)17-11/h7-8H,5-6,15H2,1-4H3,(H2,16,18,19,20). The van der Waals surface area contributed by atoms with Crippen molar-refractivity contribution in [3.63, 3.8) is 0 Å². The Bertz CT molecular complexity index is 608. The van der Waals surface area contributed by atoms with Crippen LogP contribution in [-0.4, -0.2) is 21.5 Å². The van der Waals surface area contributed by atoms with Crippen molar-refractivity contribution in [3.8, 4) is 0 Å². The summed E-state index contributed by atoms with van der Waals surface area (Å²) < 4.78 is 0. The molecule has 0 saturated heterocycles. The summed E-state index contributed by atoms with van der Waals surface area (Å²) in [5.74, 6) is 8.06. The fourth-order valence-electron chi connectivity index (χ4n) is 1.94. The third-order valence-electron chi connectivity index (χ3n) is 3.16. The van der Waals surface area contributed by atoms with E-state index in [-0.39, 0.29) is 5.92 Å².